The number of benzene rings is 2. The van der Waals surface area contributed by atoms with E-state index in [1.165, 1.54) is 49.9 Å². The lowest BCUT2D eigenvalue weighted by atomic mass is 9.67. The molecule has 2 aromatic rings. The van der Waals surface area contributed by atoms with Crippen molar-refractivity contribution in [3.8, 4) is 11.5 Å². The summed E-state index contributed by atoms with van der Waals surface area (Å²) in [6.45, 7) is 8.35. The lowest BCUT2D eigenvalue weighted by Crippen LogP contribution is -2.29. The molecule has 1 aliphatic rings. The van der Waals surface area contributed by atoms with Crippen molar-refractivity contribution >= 4 is 0 Å². The van der Waals surface area contributed by atoms with E-state index in [4.69, 9.17) is 4.74 Å². The van der Waals surface area contributed by atoms with E-state index in [9.17, 15) is 22.0 Å². The quantitative estimate of drug-likeness (QED) is 0.188. The Morgan fingerprint density at radius 3 is 2.00 bits per heavy atom. The van der Waals surface area contributed by atoms with Crippen molar-refractivity contribution in [1.82, 2.24) is 0 Å². The summed E-state index contributed by atoms with van der Waals surface area (Å²) in [5.74, 6) is 0.255. The smallest absolute Gasteiger partial charge is 0.433 e. The minimum atomic E-state index is -4.85. The van der Waals surface area contributed by atoms with E-state index in [0.717, 1.165) is 18.4 Å². The third-order valence-corrected chi connectivity index (χ3v) is 7.09. The van der Waals surface area contributed by atoms with Crippen molar-refractivity contribution in [2.24, 2.45) is 5.92 Å². The summed E-state index contributed by atoms with van der Waals surface area (Å²) in [6.07, 6.45) is 4.37. The van der Waals surface area contributed by atoms with Crippen LogP contribution in [-0.2, 0) is 5.41 Å². The van der Waals surface area contributed by atoms with Gasteiger partial charge in [-0.25, -0.2) is 0 Å². The Labute approximate surface area is 221 Å². The third-order valence-electron chi connectivity index (χ3n) is 7.09. The molecule has 0 amide bonds. The highest BCUT2D eigenvalue weighted by atomic mass is 19.4. The number of halogens is 5. The maximum Gasteiger partial charge on any atom is 0.573 e. The molecule has 0 heterocycles. The molecule has 1 unspecified atom stereocenters. The molecule has 7 heteroatoms. The van der Waals surface area contributed by atoms with Crippen molar-refractivity contribution in [3.63, 3.8) is 0 Å². The van der Waals surface area contributed by atoms with Crippen LogP contribution in [0.1, 0.15) is 69.4 Å². The molecule has 0 N–H and O–H groups in total. The molecule has 0 aromatic heterocycles. The zero-order valence-electron chi connectivity index (χ0n) is 21.7. The Hall–Kier alpha value is -3.09. The molecular formula is C31H35F5O2. The monoisotopic (exact) mass is 534 g/mol. The molecule has 0 saturated heterocycles. The van der Waals surface area contributed by atoms with Gasteiger partial charge in [0, 0.05) is 12.3 Å². The van der Waals surface area contributed by atoms with Gasteiger partial charge in [0.2, 0.25) is 0 Å². The van der Waals surface area contributed by atoms with Crippen molar-refractivity contribution < 1.29 is 31.4 Å². The fraction of sp³-hybridized carbons (Fsp3) is 0.419. The molecule has 0 radical (unpaired) electrons. The van der Waals surface area contributed by atoms with Crippen LogP contribution in [0.5, 0.6) is 11.5 Å². The molecule has 206 valence electrons. The van der Waals surface area contributed by atoms with Crippen LogP contribution in [0.4, 0.5) is 22.0 Å². The summed E-state index contributed by atoms with van der Waals surface area (Å²) in [5.41, 5.74) is 1.19. The molecule has 2 nitrogen and oxygen atoms in total. The maximum absolute atomic E-state index is 13.7. The van der Waals surface area contributed by atoms with Gasteiger partial charge < -0.3 is 9.47 Å². The molecule has 1 atom stereocenters. The summed E-state index contributed by atoms with van der Waals surface area (Å²) in [6, 6.07) is 12.4. The molecule has 1 fully saturated rings. The highest BCUT2D eigenvalue weighted by Gasteiger charge is 2.37. The molecule has 38 heavy (non-hydrogen) atoms. The second-order valence-electron chi connectivity index (χ2n) is 10.00. The van der Waals surface area contributed by atoms with Gasteiger partial charge in [0.25, 0.3) is 0 Å². The number of ether oxygens (including phenoxy) is 2. The first kappa shape index (κ1) is 29.5. The molecule has 3 rings (SSSR count). The molecule has 1 saturated carbocycles. The molecule has 0 bridgehead atoms. The average molecular weight is 535 g/mol. The number of hydrogen-bond donors (Lipinski definition) is 0. The van der Waals surface area contributed by atoms with Gasteiger partial charge >= 0.3 is 12.5 Å². The van der Waals surface area contributed by atoms with Crippen molar-refractivity contribution in [2.45, 2.75) is 76.2 Å². The van der Waals surface area contributed by atoms with Gasteiger partial charge in [-0.3, -0.25) is 0 Å². The predicted octanol–water partition coefficient (Wildman–Crippen LogP) is 9.91. The summed E-state index contributed by atoms with van der Waals surface area (Å²) >= 11 is 0. The van der Waals surface area contributed by atoms with E-state index in [-0.39, 0.29) is 11.5 Å². The lowest BCUT2D eigenvalue weighted by Gasteiger charge is -2.37. The number of allylic oxidation sites excluding steroid dienone is 4. The SMILES string of the molecule is C=C/C=C(\C=C)CC(CCCC1CCCC1)(c1cccc(OC(C)(F)F)c1)c1cccc(OC(F)(F)F)c1. The Bertz CT molecular complexity index is 1050. The summed E-state index contributed by atoms with van der Waals surface area (Å²) in [4.78, 5) is 0. The van der Waals surface area contributed by atoms with Crippen LogP contribution in [-0.4, -0.2) is 12.5 Å². The maximum atomic E-state index is 13.7. The predicted molar refractivity (Wildman–Crippen MR) is 140 cm³/mol. The molecule has 0 spiro atoms. The molecular weight excluding hydrogens is 499 g/mol. The minimum absolute atomic E-state index is 0.0225. The van der Waals surface area contributed by atoms with Crippen molar-refractivity contribution in [3.05, 3.63) is 96.6 Å². The van der Waals surface area contributed by atoms with Crippen LogP contribution < -0.4 is 9.47 Å². The van der Waals surface area contributed by atoms with Gasteiger partial charge in [-0.1, -0.05) is 94.2 Å². The van der Waals surface area contributed by atoms with E-state index < -0.39 is 17.9 Å². The van der Waals surface area contributed by atoms with Gasteiger partial charge in [0.1, 0.15) is 11.5 Å². The van der Waals surface area contributed by atoms with Crippen LogP contribution in [0.3, 0.4) is 0 Å². The minimum Gasteiger partial charge on any atom is -0.433 e. The topological polar surface area (TPSA) is 18.5 Å². The fourth-order valence-electron chi connectivity index (χ4n) is 5.49. The second-order valence-corrected chi connectivity index (χ2v) is 10.00. The number of alkyl halides is 5. The zero-order valence-corrected chi connectivity index (χ0v) is 21.7. The fourth-order valence-corrected chi connectivity index (χ4v) is 5.49. The zero-order chi connectivity index (χ0) is 27.8. The Balaban J connectivity index is 2.16. The van der Waals surface area contributed by atoms with Crippen LogP contribution in [0.2, 0.25) is 0 Å². The first-order chi connectivity index (χ1) is 17.9. The van der Waals surface area contributed by atoms with Crippen molar-refractivity contribution in [1.29, 1.82) is 0 Å². The van der Waals surface area contributed by atoms with Crippen molar-refractivity contribution in [2.75, 3.05) is 0 Å². The molecule has 1 aliphatic carbocycles. The molecule has 2 aromatic carbocycles. The summed E-state index contributed by atoms with van der Waals surface area (Å²) < 4.78 is 75.9. The van der Waals surface area contributed by atoms with Gasteiger partial charge in [-0.15, -0.1) is 13.2 Å². The summed E-state index contributed by atoms with van der Waals surface area (Å²) in [5, 5.41) is 0. The van der Waals surface area contributed by atoms with Crippen LogP contribution in [0.25, 0.3) is 0 Å². The van der Waals surface area contributed by atoms with Gasteiger partial charge in [0.05, 0.1) is 0 Å². The van der Waals surface area contributed by atoms with E-state index in [2.05, 4.69) is 17.9 Å². The normalized spacial score (nSPS) is 16.6. The first-order valence-electron chi connectivity index (χ1n) is 12.9. The Kier molecular flexibility index (Phi) is 9.80. The largest absolute Gasteiger partial charge is 0.573 e. The van der Waals surface area contributed by atoms with E-state index in [1.54, 1.807) is 36.4 Å². The number of hydrogen-bond acceptors (Lipinski definition) is 2. The van der Waals surface area contributed by atoms with Crippen LogP contribution in [0, 0.1) is 5.92 Å². The van der Waals surface area contributed by atoms with E-state index >= 15 is 0 Å². The van der Waals surface area contributed by atoms with E-state index in [0.29, 0.717) is 36.8 Å². The van der Waals surface area contributed by atoms with Gasteiger partial charge in [0.15, 0.2) is 0 Å². The van der Waals surface area contributed by atoms with Crippen LogP contribution >= 0.6 is 0 Å². The van der Waals surface area contributed by atoms with Gasteiger partial charge in [-0.2, -0.15) is 8.78 Å². The summed E-state index contributed by atoms with van der Waals surface area (Å²) in [7, 11) is 0. The Morgan fingerprint density at radius 2 is 1.50 bits per heavy atom. The standard InChI is InChI=1S/C31H35F5O2/c1-4-11-23(5-2)22-30(19-10-14-24-12-6-7-13-24,25-15-8-17-27(20-25)37-29(3,32)33)26-16-9-18-28(21-26)38-31(34,35)36/h4-5,8-9,11,15-18,20-21,24H,1-2,6-7,10,12-14,19,22H2,3H3/b23-11+. The molecule has 0 aliphatic heterocycles. The number of rotatable bonds is 13. The first-order valence-corrected chi connectivity index (χ1v) is 12.9. The lowest BCUT2D eigenvalue weighted by molar-refractivity contribution is -0.274. The van der Waals surface area contributed by atoms with Crippen LogP contribution in [0.15, 0.2) is 85.5 Å². The second kappa shape index (κ2) is 12.6. The highest BCUT2D eigenvalue weighted by molar-refractivity contribution is 5.47. The highest BCUT2D eigenvalue weighted by Crippen LogP contribution is 2.46. The third kappa shape index (κ3) is 8.47. The Morgan fingerprint density at radius 1 is 0.921 bits per heavy atom. The van der Waals surface area contributed by atoms with E-state index in [1.807, 2.05) is 6.07 Å². The van der Waals surface area contributed by atoms with Gasteiger partial charge in [-0.05, 0) is 59.7 Å². The average Bonchev–Trinajstić information content (AvgIpc) is 3.34.